The van der Waals surface area contributed by atoms with Crippen LogP contribution < -0.4 is 0 Å². The van der Waals surface area contributed by atoms with Crippen LogP contribution in [0, 0.1) is 5.92 Å². The molecule has 3 nitrogen and oxygen atoms in total. The van der Waals surface area contributed by atoms with Crippen molar-refractivity contribution in [1.82, 2.24) is 5.01 Å². The van der Waals surface area contributed by atoms with Gasteiger partial charge in [-0.2, -0.15) is 18.3 Å². The van der Waals surface area contributed by atoms with E-state index in [1.165, 1.54) is 0 Å². The fourth-order valence-corrected chi connectivity index (χ4v) is 1.99. The van der Waals surface area contributed by atoms with Crippen LogP contribution in [0.2, 0.25) is 0 Å². The molecule has 1 aliphatic rings. The summed E-state index contributed by atoms with van der Waals surface area (Å²) >= 11 is 0. The number of rotatable bonds is 2. The number of benzene rings is 1. The summed E-state index contributed by atoms with van der Waals surface area (Å²) in [7, 11) is 0. The van der Waals surface area contributed by atoms with Gasteiger partial charge < -0.3 is 0 Å². The lowest BCUT2D eigenvalue weighted by Crippen LogP contribution is -2.41. The zero-order chi connectivity index (χ0) is 14.0. The summed E-state index contributed by atoms with van der Waals surface area (Å²) in [6.45, 7) is 0.448. The smallest absolute Gasteiger partial charge is 0.273 e. The zero-order valence-electron chi connectivity index (χ0n) is 10.3. The number of halogens is 3. The van der Waals surface area contributed by atoms with E-state index in [0.29, 0.717) is 10.7 Å². The van der Waals surface area contributed by atoms with E-state index < -0.39 is 18.6 Å². The van der Waals surface area contributed by atoms with Crippen LogP contribution in [0.4, 0.5) is 13.2 Å². The Morgan fingerprint density at radius 2 is 1.95 bits per heavy atom. The van der Waals surface area contributed by atoms with Gasteiger partial charge in [0.15, 0.2) is 0 Å². The lowest BCUT2D eigenvalue weighted by Gasteiger charge is -2.28. The number of carbonyl (C=O) groups excluding carboxylic acids is 1. The molecule has 0 spiro atoms. The third-order valence-corrected chi connectivity index (χ3v) is 2.86. The number of hydrogen-bond acceptors (Lipinski definition) is 2. The Morgan fingerprint density at radius 3 is 2.53 bits per heavy atom. The van der Waals surface area contributed by atoms with Crippen LogP contribution in [0.15, 0.2) is 35.4 Å². The van der Waals surface area contributed by atoms with Gasteiger partial charge in [-0.05, 0) is 5.56 Å². The SMILES string of the molecule is CC1CC(=O)N(CC(F)(F)F)N=C1c1ccccc1. The van der Waals surface area contributed by atoms with E-state index >= 15 is 0 Å². The van der Waals surface area contributed by atoms with Gasteiger partial charge >= 0.3 is 6.18 Å². The van der Waals surface area contributed by atoms with E-state index in [1.54, 1.807) is 31.2 Å². The van der Waals surface area contributed by atoms with Crippen molar-refractivity contribution in [3.05, 3.63) is 35.9 Å². The molecule has 1 aromatic rings. The number of amides is 1. The first-order valence-electron chi connectivity index (χ1n) is 5.88. The summed E-state index contributed by atoms with van der Waals surface area (Å²) in [5.74, 6) is -0.774. The van der Waals surface area contributed by atoms with E-state index in [2.05, 4.69) is 5.10 Å². The van der Waals surface area contributed by atoms with Crippen molar-refractivity contribution in [2.45, 2.75) is 19.5 Å². The van der Waals surface area contributed by atoms with Crippen LogP contribution in [0.5, 0.6) is 0 Å². The minimum Gasteiger partial charge on any atom is -0.273 e. The molecule has 1 atom stereocenters. The van der Waals surface area contributed by atoms with Gasteiger partial charge in [-0.15, -0.1) is 0 Å². The first-order valence-corrected chi connectivity index (χ1v) is 5.88. The number of hydrogen-bond donors (Lipinski definition) is 0. The zero-order valence-corrected chi connectivity index (χ0v) is 10.3. The maximum Gasteiger partial charge on any atom is 0.408 e. The van der Waals surface area contributed by atoms with Crippen molar-refractivity contribution in [3.63, 3.8) is 0 Å². The molecule has 0 fully saturated rings. The first-order chi connectivity index (χ1) is 8.87. The van der Waals surface area contributed by atoms with Crippen molar-refractivity contribution in [2.75, 3.05) is 6.54 Å². The molecule has 2 rings (SSSR count). The minimum atomic E-state index is -4.44. The fourth-order valence-electron chi connectivity index (χ4n) is 1.99. The largest absolute Gasteiger partial charge is 0.408 e. The molecule has 1 aromatic carbocycles. The molecule has 1 aliphatic heterocycles. The molecule has 0 saturated heterocycles. The maximum absolute atomic E-state index is 12.4. The minimum absolute atomic E-state index is 0.0454. The predicted octanol–water partition coefficient (Wildman–Crippen LogP) is 2.82. The van der Waals surface area contributed by atoms with E-state index in [-0.39, 0.29) is 12.3 Å². The van der Waals surface area contributed by atoms with Crippen LogP contribution in [-0.4, -0.2) is 29.3 Å². The van der Waals surface area contributed by atoms with Gasteiger partial charge in [-0.1, -0.05) is 37.3 Å². The van der Waals surface area contributed by atoms with Gasteiger partial charge in [0, 0.05) is 12.3 Å². The third kappa shape index (κ3) is 3.33. The van der Waals surface area contributed by atoms with Crippen molar-refractivity contribution >= 4 is 11.6 Å². The third-order valence-electron chi connectivity index (χ3n) is 2.86. The predicted molar refractivity (Wildman–Crippen MR) is 64.5 cm³/mol. The van der Waals surface area contributed by atoms with E-state index in [1.807, 2.05) is 6.07 Å². The number of alkyl halides is 3. The normalized spacial score (nSPS) is 20.4. The van der Waals surface area contributed by atoms with Crippen molar-refractivity contribution < 1.29 is 18.0 Å². The lowest BCUT2D eigenvalue weighted by atomic mass is 9.94. The van der Waals surface area contributed by atoms with Crippen LogP contribution >= 0.6 is 0 Å². The summed E-state index contributed by atoms with van der Waals surface area (Å²) < 4.78 is 37.1. The van der Waals surface area contributed by atoms with Crippen LogP contribution in [-0.2, 0) is 4.79 Å². The van der Waals surface area contributed by atoms with Crippen molar-refractivity contribution in [2.24, 2.45) is 11.0 Å². The Balaban J connectivity index is 2.31. The van der Waals surface area contributed by atoms with Crippen molar-refractivity contribution in [1.29, 1.82) is 0 Å². The Kier molecular flexibility index (Phi) is 3.59. The Hall–Kier alpha value is -1.85. The quantitative estimate of drug-likeness (QED) is 0.813. The summed E-state index contributed by atoms with van der Waals surface area (Å²) in [5.41, 5.74) is 1.26. The summed E-state index contributed by atoms with van der Waals surface area (Å²) in [5, 5.41) is 4.40. The monoisotopic (exact) mass is 270 g/mol. The Labute approximate surface area is 108 Å². The van der Waals surface area contributed by atoms with Gasteiger partial charge in [0.2, 0.25) is 5.91 Å². The van der Waals surface area contributed by atoms with Gasteiger partial charge in [-0.25, -0.2) is 5.01 Å². The highest BCUT2D eigenvalue weighted by atomic mass is 19.4. The summed E-state index contributed by atoms with van der Waals surface area (Å²) in [4.78, 5) is 11.6. The Morgan fingerprint density at radius 1 is 1.32 bits per heavy atom. The van der Waals surface area contributed by atoms with Crippen molar-refractivity contribution in [3.8, 4) is 0 Å². The summed E-state index contributed by atoms with van der Waals surface area (Å²) in [6, 6.07) is 8.94. The fraction of sp³-hybridized carbons (Fsp3) is 0.385. The second kappa shape index (κ2) is 5.03. The molecule has 102 valence electrons. The molecule has 0 aliphatic carbocycles. The molecule has 1 heterocycles. The molecule has 0 saturated carbocycles. The molecule has 1 amide bonds. The average molecular weight is 270 g/mol. The highest BCUT2D eigenvalue weighted by molar-refractivity contribution is 6.05. The average Bonchev–Trinajstić information content (AvgIpc) is 2.32. The number of nitrogens with zero attached hydrogens (tertiary/aromatic N) is 2. The molecule has 19 heavy (non-hydrogen) atoms. The highest BCUT2D eigenvalue weighted by Gasteiger charge is 2.36. The van der Waals surface area contributed by atoms with Gasteiger partial charge in [0.25, 0.3) is 0 Å². The topological polar surface area (TPSA) is 32.7 Å². The van der Waals surface area contributed by atoms with Gasteiger partial charge in [0.05, 0.1) is 5.71 Å². The molecular formula is C13H13F3N2O. The van der Waals surface area contributed by atoms with Crippen LogP contribution in [0.1, 0.15) is 18.9 Å². The first kappa shape index (κ1) is 13.6. The molecule has 0 N–H and O–H groups in total. The van der Waals surface area contributed by atoms with E-state index in [0.717, 1.165) is 5.56 Å². The molecule has 1 unspecified atom stereocenters. The summed E-state index contributed by atoms with van der Waals surface area (Å²) in [6.07, 6.45) is -4.40. The molecule has 0 bridgehead atoms. The van der Waals surface area contributed by atoms with Crippen LogP contribution in [0.25, 0.3) is 0 Å². The number of carbonyl (C=O) groups is 1. The second-order valence-electron chi connectivity index (χ2n) is 4.52. The van der Waals surface area contributed by atoms with Gasteiger partial charge in [0.1, 0.15) is 6.54 Å². The number of hydrazone groups is 1. The standard InChI is InChI=1S/C13H13F3N2O/c1-9-7-11(19)18(8-13(14,15)16)17-12(9)10-5-3-2-4-6-10/h2-6,9H,7-8H2,1H3. The lowest BCUT2D eigenvalue weighted by molar-refractivity contribution is -0.162. The molecule has 6 heteroatoms. The molecule has 0 radical (unpaired) electrons. The highest BCUT2D eigenvalue weighted by Crippen LogP contribution is 2.24. The molecular weight excluding hydrogens is 257 g/mol. The van der Waals surface area contributed by atoms with E-state index in [9.17, 15) is 18.0 Å². The Bertz CT molecular complexity index is 496. The van der Waals surface area contributed by atoms with E-state index in [4.69, 9.17) is 0 Å². The second-order valence-corrected chi connectivity index (χ2v) is 4.52. The maximum atomic E-state index is 12.4. The molecule has 0 aromatic heterocycles. The van der Waals surface area contributed by atoms with Gasteiger partial charge in [-0.3, -0.25) is 4.79 Å². The van der Waals surface area contributed by atoms with Crippen LogP contribution in [0.3, 0.4) is 0 Å².